The zero-order valence-electron chi connectivity index (χ0n) is 14.2. The van der Waals surface area contributed by atoms with Gasteiger partial charge in [0, 0.05) is 17.9 Å². The summed E-state index contributed by atoms with van der Waals surface area (Å²) in [6.45, 7) is 3.74. The van der Waals surface area contributed by atoms with Gasteiger partial charge < -0.3 is 10.4 Å². The number of hydrogen-bond donors (Lipinski definition) is 2. The molecule has 0 unspecified atom stereocenters. The molecule has 0 radical (unpaired) electrons. The molecular formula is C15H18N4O4S3. The van der Waals surface area contributed by atoms with E-state index in [1.54, 1.807) is 0 Å². The van der Waals surface area contributed by atoms with Crippen LogP contribution in [0.5, 0.6) is 0 Å². The van der Waals surface area contributed by atoms with Gasteiger partial charge in [-0.15, -0.1) is 22.0 Å². The van der Waals surface area contributed by atoms with Crippen molar-refractivity contribution in [2.24, 2.45) is 0 Å². The van der Waals surface area contributed by atoms with E-state index in [0.717, 1.165) is 9.35 Å². The van der Waals surface area contributed by atoms with Crippen LogP contribution in [0, 0.1) is 6.92 Å². The fourth-order valence-electron chi connectivity index (χ4n) is 2.75. The summed E-state index contributed by atoms with van der Waals surface area (Å²) in [5.74, 6) is -0.725. The molecule has 26 heavy (non-hydrogen) atoms. The molecule has 3 heterocycles. The number of aliphatic carboxylic acids is 1. The van der Waals surface area contributed by atoms with Crippen LogP contribution in [0.25, 0.3) is 0 Å². The van der Waals surface area contributed by atoms with E-state index in [1.165, 1.54) is 39.8 Å². The molecule has 0 bridgehead atoms. The van der Waals surface area contributed by atoms with Crippen LogP contribution < -0.4 is 5.32 Å². The van der Waals surface area contributed by atoms with Crippen LogP contribution in [0.4, 0.5) is 0 Å². The Hall–Kier alpha value is -1.59. The van der Waals surface area contributed by atoms with E-state index >= 15 is 0 Å². The molecule has 2 aliphatic rings. The number of carbonyl (C=O) groups is 3. The Morgan fingerprint density at radius 3 is 2.81 bits per heavy atom. The summed E-state index contributed by atoms with van der Waals surface area (Å²) in [7, 11) is 0. The van der Waals surface area contributed by atoms with Crippen LogP contribution in [0.1, 0.15) is 24.8 Å². The van der Waals surface area contributed by atoms with Crippen LogP contribution in [-0.4, -0.2) is 60.9 Å². The lowest BCUT2D eigenvalue weighted by molar-refractivity contribution is -0.150. The lowest BCUT2D eigenvalue weighted by Crippen LogP contribution is -2.70. The average Bonchev–Trinajstić information content (AvgIpc) is 3.02. The highest BCUT2D eigenvalue weighted by Crippen LogP contribution is 2.41. The maximum Gasteiger partial charge on any atom is 0.352 e. The average molecular weight is 415 g/mol. The summed E-state index contributed by atoms with van der Waals surface area (Å²) in [5.41, 5.74) is 0.719. The number of amides is 2. The molecule has 2 atom stereocenters. The second kappa shape index (κ2) is 7.97. The van der Waals surface area contributed by atoms with Gasteiger partial charge in [0.25, 0.3) is 5.91 Å². The van der Waals surface area contributed by atoms with Crippen molar-refractivity contribution in [1.29, 1.82) is 0 Å². The first-order valence-corrected chi connectivity index (χ1v) is 10.9. The largest absolute Gasteiger partial charge is 0.477 e. The van der Waals surface area contributed by atoms with Crippen LogP contribution in [-0.2, 0) is 14.4 Å². The SMILES string of the molecule is CCCC(=O)N[C@@H]1C(=O)N2C(C(=O)O)=C(CSc3nnc(C)s3)CS[C@@H]12. The quantitative estimate of drug-likeness (QED) is 0.510. The molecule has 2 aliphatic heterocycles. The summed E-state index contributed by atoms with van der Waals surface area (Å²) in [6.07, 6.45) is 1.05. The summed E-state index contributed by atoms with van der Waals surface area (Å²) in [6, 6.07) is -0.645. The zero-order chi connectivity index (χ0) is 18.8. The number of carboxylic acids is 1. The van der Waals surface area contributed by atoms with E-state index in [2.05, 4.69) is 15.5 Å². The molecule has 0 saturated carbocycles. The Labute approximate surface area is 162 Å². The highest BCUT2D eigenvalue weighted by molar-refractivity contribution is 8.01. The van der Waals surface area contributed by atoms with Gasteiger partial charge in [0.05, 0.1) is 0 Å². The number of aryl methyl sites for hydroxylation is 1. The number of nitrogens with zero attached hydrogens (tertiary/aromatic N) is 3. The van der Waals surface area contributed by atoms with Crippen molar-refractivity contribution < 1.29 is 19.5 Å². The third-order valence-electron chi connectivity index (χ3n) is 3.92. The van der Waals surface area contributed by atoms with Gasteiger partial charge in [0.15, 0.2) is 4.34 Å². The number of aromatic nitrogens is 2. The van der Waals surface area contributed by atoms with Crippen molar-refractivity contribution in [2.45, 2.75) is 42.4 Å². The molecule has 11 heteroatoms. The Bertz CT molecular complexity index is 779. The van der Waals surface area contributed by atoms with Crippen molar-refractivity contribution in [3.63, 3.8) is 0 Å². The summed E-state index contributed by atoms with van der Waals surface area (Å²) in [5, 5.41) is 20.8. The lowest BCUT2D eigenvalue weighted by Gasteiger charge is -2.49. The van der Waals surface area contributed by atoms with Crippen molar-refractivity contribution in [3.05, 3.63) is 16.3 Å². The van der Waals surface area contributed by atoms with Gasteiger partial charge in [-0.05, 0) is 18.9 Å². The minimum absolute atomic E-state index is 0.0356. The third-order valence-corrected chi connectivity index (χ3v) is 7.32. The first-order valence-electron chi connectivity index (χ1n) is 8.04. The molecular weight excluding hydrogens is 396 g/mol. The number of fused-ring (bicyclic) bond motifs is 1. The first kappa shape index (κ1) is 19.2. The number of carboxylic acid groups (broad SMARTS) is 1. The molecule has 3 rings (SSSR count). The second-order valence-corrected chi connectivity index (χ2v) is 9.35. The van der Waals surface area contributed by atoms with Gasteiger partial charge in [0.1, 0.15) is 22.1 Å². The maximum atomic E-state index is 12.4. The molecule has 0 aliphatic carbocycles. The van der Waals surface area contributed by atoms with Gasteiger partial charge in [-0.2, -0.15) is 0 Å². The molecule has 1 fully saturated rings. The number of hydrogen-bond acceptors (Lipinski definition) is 8. The number of β-lactam (4-membered cyclic amide) rings is 1. The number of carbonyl (C=O) groups excluding carboxylic acids is 2. The van der Waals surface area contributed by atoms with E-state index in [0.29, 0.717) is 29.9 Å². The van der Waals surface area contributed by atoms with Gasteiger partial charge in [-0.25, -0.2) is 4.79 Å². The van der Waals surface area contributed by atoms with Crippen molar-refractivity contribution in [1.82, 2.24) is 20.4 Å². The van der Waals surface area contributed by atoms with E-state index in [-0.39, 0.29) is 22.9 Å². The number of nitrogens with one attached hydrogen (secondary N) is 1. The topological polar surface area (TPSA) is 112 Å². The van der Waals surface area contributed by atoms with Crippen molar-refractivity contribution >= 4 is 52.6 Å². The molecule has 2 amide bonds. The number of rotatable bonds is 7. The Balaban J connectivity index is 1.73. The summed E-state index contributed by atoms with van der Waals surface area (Å²) >= 11 is 4.35. The fraction of sp³-hybridized carbons (Fsp3) is 0.533. The second-order valence-electron chi connectivity index (χ2n) is 5.84. The third kappa shape index (κ3) is 3.74. The fourth-order valence-corrected chi connectivity index (χ4v) is 6.05. The van der Waals surface area contributed by atoms with Crippen molar-refractivity contribution in [3.8, 4) is 0 Å². The molecule has 2 N–H and O–H groups in total. The molecule has 0 aromatic carbocycles. The van der Waals surface area contributed by atoms with E-state index in [1.807, 2.05) is 13.8 Å². The normalized spacial score (nSPS) is 22.1. The van der Waals surface area contributed by atoms with E-state index in [4.69, 9.17) is 0 Å². The van der Waals surface area contributed by atoms with Crippen LogP contribution >= 0.6 is 34.9 Å². The minimum atomic E-state index is -1.12. The number of thioether (sulfide) groups is 2. The maximum absolute atomic E-state index is 12.4. The Kier molecular flexibility index (Phi) is 5.88. The highest BCUT2D eigenvalue weighted by Gasteiger charge is 2.54. The lowest BCUT2D eigenvalue weighted by atomic mass is 10.0. The van der Waals surface area contributed by atoms with Gasteiger partial charge in [-0.1, -0.05) is 30.0 Å². The van der Waals surface area contributed by atoms with Crippen molar-refractivity contribution in [2.75, 3.05) is 11.5 Å². The van der Waals surface area contributed by atoms with Crippen LogP contribution in [0.15, 0.2) is 15.6 Å². The standard InChI is InChI=1S/C15H18N4O4S3/c1-3-4-9(20)16-10-12(21)19-11(14(22)23)8(5-24-13(10)19)6-25-15-18-17-7(2)26-15/h10,13H,3-6H2,1-2H3,(H,16,20)(H,22,23)/t10-,13+/m1/s1. The Morgan fingerprint density at radius 1 is 1.42 bits per heavy atom. The summed E-state index contributed by atoms with van der Waals surface area (Å²) in [4.78, 5) is 37.3. The molecule has 1 aromatic heterocycles. The predicted octanol–water partition coefficient (Wildman–Crippen LogP) is 1.48. The van der Waals surface area contributed by atoms with Gasteiger partial charge in [-0.3, -0.25) is 14.5 Å². The van der Waals surface area contributed by atoms with E-state index in [9.17, 15) is 19.5 Å². The zero-order valence-corrected chi connectivity index (χ0v) is 16.7. The smallest absolute Gasteiger partial charge is 0.352 e. The Morgan fingerprint density at radius 2 is 2.19 bits per heavy atom. The van der Waals surface area contributed by atoms with Crippen LogP contribution in [0.3, 0.4) is 0 Å². The first-order chi connectivity index (χ1) is 12.4. The monoisotopic (exact) mass is 414 g/mol. The van der Waals surface area contributed by atoms with E-state index < -0.39 is 12.0 Å². The molecule has 8 nitrogen and oxygen atoms in total. The highest BCUT2D eigenvalue weighted by atomic mass is 32.2. The minimum Gasteiger partial charge on any atom is -0.477 e. The summed E-state index contributed by atoms with van der Waals surface area (Å²) < 4.78 is 0.770. The molecule has 1 aromatic rings. The van der Waals surface area contributed by atoms with Crippen LogP contribution in [0.2, 0.25) is 0 Å². The molecule has 1 saturated heterocycles. The predicted molar refractivity (Wildman–Crippen MR) is 100.0 cm³/mol. The molecule has 140 valence electrons. The molecule has 0 spiro atoms. The van der Waals surface area contributed by atoms with Gasteiger partial charge in [0.2, 0.25) is 5.91 Å². The van der Waals surface area contributed by atoms with Gasteiger partial charge >= 0.3 is 5.97 Å².